The van der Waals surface area contributed by atoms with Gasteiger partial charge in [-0.1, -0.05) is 18.2 Å². The van der Waals surface area contributed by atoms with Crippen LogP contribution in [-0.2, 0) is 11.8 Å². The molecule has 0 radical (unpaired) electrons. The third-order valence-electron chi connectivity index (χ3n) is 3.18. The number of benzene rings is 1. The summed E-state index contributed by atoms with van der Waals surface area (Å²) >= 11 is 0. The van der Waals surface area contributed by atoms with Crippen LogP contribution in [0.5, 0.6) is 0 Å². The number of pyridine rings is 1. The van der Waals surface area contributed by atoms with Crippen molar-refractivity contribution in [3.8, 4) is 0 Å². The van der Waals surface area contributed by atoms with E-state index in [0.717, 1.165) is 11.3 Å². The summed E-state index contributed by atoms with van der Waals surface area (Å²) in [6.07, 6.45) is 1.96. The molecule has 2 N–H and O–H groups in total. The molecule has 0 bridgehead atoms. The second-order valence-electron chi connectivity index (χ2n) is 4.91. The SMILES string of the molecule is Cc1ccccc1NCCC(=O)Nc1ccc(=O)n(C)c1. The van der Waals surface area contributed by atoms with Crippen LogP contribution in [-0.4, -0.2) is 17.0 Å². The van der Waals surface area contributed by atoms with E-state index < -0.39 is 0 Å². The van der Waals surface area contributed by atoms with E-state index in [1.165, 1.54) is 10.6 Å². The number of carbonyl (C=O) groups excluding carboxylic acids is 1. The van der Waals surface area contributed by atoms with E-state index in [-0.39, 0.29) is 11.5 Å². The molecular formula is C16H19N3O2. The van der Waals surface area contributed by atoms with Crippen molar-refractivity contribution in [3.63, 3.8) is 0 Å². The van der Waals surface area contributed by atoms with Crippen LogP contribution >= 0.6 is 0 Å². The molecule has 1 aromatic carbocycles. The van der Waals surface area contributed by atoms with E-state index in [1.807, 2.05) is 31.2 Å². The highest BCUT2D eigenvalue weighted by atomic mass is 16.1. The Balaban J connectivity index is 1.84. The molecule has 2 aromatic rings. The second-order valence-corrected chi connectivity index (χ2v) is 4.91. The molecule has 21 heavy (non-hydrogen) atoms. The van der Waals surface area contributed by atoms with Crippen molar-refractivity contribution in [2.24, 2.45) is 7.05 Å². The maximum absolute atomic E-state index is 11.8. The van der Waals surface area contributed by atoms with E-state index in [9.17, 15) is 9.59 Å². The Hall–Kier alpha value is -2.56. The monoisotopic (exact) mass is 285 g/mol. The average Bonchev–Trinajstić information content (AvgIpc) is 2.45. The van der Waals surface area contributed by atoms with Gasteiger partial charge in [-0.15, -0.1) is 0 Å². The van der Waals surface area contributed by atoms with Gasteiger partial charge in [0.25, 0.3) is 0 Å². The summed E-state index contributed by atoms with van der Waals surface area (Å²) in [7, 11) is 1.65. The minimum absolute atomic E-state index is 0.0882. The number of hydrogen-bond acceptors (Lipinski definition) is 3. The number of para-hydroxylation sites is 1. The molecular weight excluding hydrogens is 266 g/mol. The van der Waals surface area contributed by atoms with Gasteiger partial charge in [0, 0.05) is 38.0 Å². The van der Waals surface area contributed by atoms with Gasteiger partial charge in [0.2, 0.25) is 11.5 Å². The van der Waals surface area contributed by atoms with Crippen molar-refractivity contribution in [2.45, 2.75) is 13.3 Å². The van der Waals surface area contributed by atoms with Crippen molar-refractivity contribution < 1.29 is 4.79 Å². The van der Waals surface area contributed by atoms with Crippen LogP contribution in [0.25, 0.3) is 0 Å². The van der Waals surface area contributed by atoms with Gasteiger partial charge in [0.05, 0.1) is 5.69 Å². The Morgan fingerprint density at radius 1 is 1.19 bits per heavy atom. The Morgan fingerprint density at radius 3 is 2.67 bits per heavy atom. The van der Waals surface area contributed by atoms with Crippen molar-refractivity contribution in [2.75, 3.05) is 17.2 Å². The molecule has 1 heterocycles. The standard InChI is InChI=1S/C16H19N3O2/c1-12-5-3-4-6-14(12)17-10-9-15(20)18-13-7-8-16(21)19(2)11-13/h3-8,11,17H,9-10H2,1-2H3,(H,18,20). The number of aryl methyl sites for hydroxylation is 2. The number of hydrogen-bond donors (Lipinski definition) is 2. The predicted octanol–water partition coefficient (Wildman–Crippen LogP) is 2.13. The quantitative estimate of drug-likeness (QED) is 0.884. The molecule has 0 aliphatic rings. The lowest BCUT2D eigenvalue weighted by atomic mass is 10.2. The maximum Gasteiger partial charge on any atom is 0.250 e. The van der Waals surface area contributed by atoms with E-state index in [2.05, 4.69) is 10.6 Å². The highest BCUT2D eigenvalue weighted by Gasteiger charge is 2.03. The Kier molecular flexibility index (Phi) is 4.77. The van der Waals surface area contributed by atoms with Gasteiger partial charge in [0.15, 0.2) is 0 Å². The van der Waals surface area contributed by atoms with Gasteiger partial charge in [-0.3, -0.25) is 9.59 Å². The molecule has 0 atom stereocenters. The van der Waals surface area contributed by atoms with Crippen molar-refractivity contribution >= 4 is 17.3 Å². The van der Waals surface area contributed by atoms with Crippen molar-refractivity contribution in [1.29, 1.82) is 0 Å². The summed E-state index contributed by atoms with van der Waals surface area (Å²) in [4.78, 5) is 23.1. The summed E-state index contributed by atoms with van der Waals surface area (Å²) in [5.74, 6) is -0.0882. The number of nitrogens with zero attached hydrogens (tertiary/aromatic N) is 1. The summed E-state index contributed by atoms with van der Waals surface area (Å²) in [6, 6.07) is 11.0. The van der Waals surface area contributed by atoms with Crippen LogP contribution in [0.15, 0.2) is 47.4 Å². The van der Waals surface area contributed by atoms with Gasteiger partial charge in [-0.05, 0) is 24.6 Å². The van der Waals surface area contributed by atoms with Crippen LogP contribution in [0.2, 0.25) is 0 Å². The number of rotatable bonds is 5. The first-order chi connectivity index (χ1) is 10.1. The average molecular weight is 285 g/mol. The normalized spacial score (nSPS) is 10.2. The fourth-order valence-corrected chi connectivity index (χ4v) is 1.97. The maximum atomic E-state index is 11.8. The predicted molar refractivity (Wildman–Crippen MR) is 84.6 cm³/mol. The lowest BCUT2D eigenvalue weighted by molar-refractivity contribution is -0.115. The molecule has 2 rings (SSSR count). The fourth-order valence-electron chi connectivity index (χ4n) is 1.97. The van der Waals surface area contributed by atoms with Crippen LogP contribution in [0.1, 0.15) is 12.0 Å². The lowest BCUT2D eigenvalue weighted by Gasteiger charge is -2.10. The number of amides is 1. The van der Waals surface area contributed by atoms with Crippen LogP contribution in [0, 0.1) is 6.92 Å². The second kappa shape index (κ2) is 6.74. The molecule has 0 aliphatic carbocycles. The third kappa shape index (κ3) is 4.21. The first-order valence-corrected chi connectivity index (χ1v) is 6.82. The highest BCUT2D eigenvalue weighted by molar-refractivity contribution is 5.90. The number of aromatic nitrogens is 1. The molecule has 0 saturated carbocycles. The van der Waals surface area contributed by atoms with Crippen molar-refractivity contribution in [1.82, 2.24) is 4.57 Å². The van der Waals surface area contributed by atoms with E-state index in [4.69, 9.17) is 0 Å². The topological polar surface area (TPSA) is 63.1 Å². The minimum atomic E-state index is -0.103. The minimum Gasteiger partial charge on any atom is -0.384 e. The van der Waals surface area contributed by atoms with Crippen LogP contribution in [0.4, 0.5) is 11.4 Å². The Morgan fingerprint density at radius 2 is 1.95 bits per heavy atom. The van der Waals surface area contributed by atoms with Crippen LogP contribution < -0.4 is 16.2 Å². The smallest absolute Gasteiger partial charge is 0.250 e. The Labute approximate surface area is 123 Å². The zero-order chi connectivity index (χ0) is 15.2. The Bertz CT molecular complexity index is 692. The molecule has 0 aliphatic heterocycles. The van der Waals surface area contributed by atoms with E-state index >= 15 is 0 Å². The highest BCUT2D eigenvalue weighted by Crippen LogP contribution is 2.12. The summed E-state index contributed by atoms with van der Waals surface area (Å²) < 4.78 is 1.43. The summed E-state index contributed by atoms with van der Waals surface area (Å²) in [5.41, 5.74) is 2.70. The molecule has 5 heteroatoms. The van der Waals surface area contributed by atoms with Gasteiger partial charge in [0.1, 0.15) is 0 Å². The molecule has 0 fully saturated rings. The summed E-state index contributed by atoms with van der Waals surface area (Å²) in [6.45, 7) is 2.58. The molecule has 0 unspecified atom stereocenters. The zero-order valence-electron chi connectivity index (χ0n) is 12.2. The van der Waals surface area contributed by atoms with Gasteiger partial charge in [-0.25, -0.2) is 0 Å². The van der Waals surface area contributed by atoms with E-state index in [0.29, 0.717) is 18.7 Å². The van der Waals surface area contributed by atoms with Gasteiger partial charge in [-0.2, -0.15) is 0 Å². The fraction of sp³-hybridized carbons (Fsp3) is 0.250. The first kappa shape index (κ1) is 14.8. The first-order valence-electron chi connectivity index (χ1n) is 6.82. The lowest BCUT2D eigenvalue weighted by Crippen LogP contribution is -2.19. The molecule has 0 spiro atoms. The molecule has 5 nitrogen and oxygen atoms in total. The van der Waals surface area contributed by atoms with Gasteiger partial charge < -0.3 is 15.2 Å². The third-order valence-corrected chi connectivity index (χ3v) is 3.18. The van der Waals surface area contributed by atoms with Crippen LogP contribution in [0.3, 0.4) is 0 Å². The van der Waals surface area contributed by atoms with Gasteiger partial charge >= 0.3 is 0 Å². The molecule has 110 valence electrons. The van der Waals surface area contributed by atoms with E-state index in [1.54, 1.807) is 19.3 Å². The zero-order valence-corrected chi connectivity index (χ0v) is 12.2. The molecule has 0 saturated heterocycles. The molecule has 1 aromatic heterocycles. The van der Waals surface area contributed by atoms with Crippen molar-refractivity contribution in [3.05, 3.63) is 58.5 Å². The summed E-state index contributed by atoms with van der Waals surface area (Å²) in [5, 5.41) is 6.01. The molecule has 1 amide bonds. The largest absolute Gasteiger partial charge is 0.384 e. The number of carbonyl (C=O) groups is 1. The number of nitrogens with one attached hydrogen (secondary N) is 2. The number of anilines is 2.